The van der Waals surface area contributed by atoms with Gasteiger partial charge in [0.05, 0.1) is 12.5 Å². The summed E-state index contributed by atoms with van der Waals surface area (Å²) in [6.45, 7) is 0. The van der Waals surface area contributed by atoms with Gasteiger partial charge in [-0.2, -0.15) is 0 Å². The Morgan fingerprint density at radius 2 is 1.88 bits per heavy atom. The number of ether oxygens (including phenoxy) is 1. The molecule has 2 aromatic heterocycles. The quantitative estimate of drug-likeness (QED) is 0.524. The first kappa shape index (κ1) is 15.0. The number of benzene rings is 2. The Labute approximate surface area is 144 Å². The van der Waals surface area contributed by atoms with Gasteiger partial charge in [0.15, 0.2) is 11.5 Å². The van der Waals surface area contributed by atoms with Gasteiger partial charge in [-0.25, -0.2) is 9.97 Å². The number of aromatic hydroxyl groups is 1. The average molecular weight is 332 g/mol. The molecule has 4 rings (SSSR count). The number of phenols is 1. The predicted octanol–water partition coefficient (Wildman–Crippen LogP) is 4.08. The lowest BCUT2D eigenvalue weighted by molar-refractivity contribution is 0.373. The smallest absolute Gasteiger partial charge is 0.161 e. The van der Waals surface area contributed by atoms with Crippen LogP contribution in [0.15, 0.2) is 60.9 Å². The van der Waals surface area contributed by atoms with Crippen LogP contribution < -0.4 is 10.1 Å². The fourth-order valence-corrected chi connectivity index (χ4v) is 2.70. The first-order valence-corrected chi connectivity index (χ1v) is 7.78. The van der Waals surface area contributed by atoms with Gasteiger partial charge in [0.1, 0.15) is 17.8 Å². The summed E-state index contributed by atoms with van der Waals surface area (Å²) in [7, 11) is 1.53. The van der Waals surface area contributed by atoms with E-state index in [0.717, 1.165) is 33.8 Å². The third kappa shape index (κ3) is 2.85. The van der Waals surface area contributed by atoms with Crippen LogP contribution in [-0.4, -0.2) is 27.2 Å². The summed E-state index contributed by atoms with van der Waals surface area (Å²) in [6.07, 6.45) is 1.52. The molecule has 0 aliphatic carbocycles. The van der Waals surface area contributed by atoms with E-state index in [1.807, 2.05) is 42.5 Å². The Morgan fingerprint density at radius 1 is 1.04 bits per heavy atom. The first-order valence-electron chi connectivity index (χ1n) is 7.78. The van der Waals surface area contributed by atoms with Crippen LogP contribution >= 0.6 is 0 Å². The van der Waals surface area contributed by atoms with Crippen molar-refractivity contribution in [3.63, 3.8) is 0 Å². The fraction of sp³-hybridized carbons (Fsp3) is 0.0526. The number of fused-ring (bicyclic) bond motifs is 1. The zero-order valence-corrected chi connectivity index (χ0v) is 13.5. The van der Waals surface area contributed by atoms with Crippen molar-refractivity contribution in [2.45, 2.75) is 0 Å². The number of methoxy groups -OCH3 is 1. The summed E-state index contributed by atoms with van der Waals surface area (Å²) in [6, 6.07) is 17.0. The number of phenolic OH excluding ortho intramolecular Hbond substituents is 1. The van der Waals surface area contributed by atoms with Gasteiger partial charge >= 0.3 is 0 Å². The second-order valence-electron chi connectivity index (χ2n) is 5.55. The molecule has 0 bridgehead atoms. The van der Waals surface area contributed by atoms with Crippen LogP contribution in [0.4, 0.5) is 11.5 Å². The van der Waals surface area contributed by atoms with Crippen LogP contribution in [0.5, 0.6) is 11.5 Å². The molecule has 2 heterocycles. The summed E-state index contributed by atoms with van der Waals surface area (Å²) in [5.41, 5.74) is 3.44. The number of para-hydroxylation sites is 1. The average Bonchev–Trinajstić information content (AvgIpc) is 3.08. The van der Waals surface area contributed by atoms with E-state index in [9.17, 15) is 5.11 Å². The van der Waals surface area contributed by atoms with Crippen molar-refractivity contribution < 1.29 is 9.84 Å². The molecule has 25 heavy (non-hydrogen) atoms. The van der Waals surface area contributed by atoms with E-state index < -0.39 is 0 Å². The lowest BCUT2D eigenvalue weighted by Crippen LogP contribution is -1.94. The van der Waals surface area contributed by atoms with Crippen molar-refractivity contribution in [2.75, 3.05) is 12.4 Å². The van der Waals surface area contributed by atoms with Crippen LogP contribution in [0, 0.1) is 0 Å². The van der Waals surface area contributed by atoms with Crippen molar-refractivity contribution >= 4 is 22.5 Å². The predicted molar refractivity (Wildman–Crippen MR) is 97.3 cm³/mol. The zero-order chi connectivity index (χ0) is 17.2. The van der Waals surface area contributed by atoms with Gasteiger partial charge in [0, 0.05) is 16.9 Å². The molecule has 0 aliphatic heterocycles. The number of anilines is 2. The third-order valence-corrected chi connectivity index (χ3v) is 3.95. The Morgan fingerprint density at radius 3 is 2.68 bits per heavy atom. The van der Waals surface area contributed by atoms with E-state index in [-0.39, 0.29) is 5.75 Å². The van der Waals surface area contributed by atoms with Gasteiger partial charge in [0.25, 0.3) is 0 Å². The number of hydrogen-bond acceptors (Lipinski definition) is 5. The molecule has 0 aliphatic rings. The summed E-state index contributed by atoms with van der Waals surface area (Å²) in [4.78, 5) is 11.9. The van der Waals surface area contributed by atoms with Crippen molar-refractivity contribution in [3.05, 3.63) is 60.9 Å². The highest BCUT2D eigenvalue weighted by Crippen LogP contribution is 2.33. The molecule has 0 radical (unpaired) electrons. The van der Waals surface area contributed by atoms with Gasteiger partial charge in [-0.15, -0.1) is 0 Å². The second kappa shape index (κ2) is 6.16. The molecule has 0 saturated heterocycles. The molecular formula is C19H16N4O2. The van der Waals surface area contributed by atoms with E-state index in [2.05, 4.69) is 20.3 Å². The molecule has 0 unspecified atom stereocenters. The van der Waals surface area contributed by atoms with Gasteiger partial charge in [-0.1, -0.05) is 18.2 Å². The maximum absolute atomic E-state index is 9.76. The SMILES string of the molecule is COc1cc(-c2cc3c(Nc4ccccc4)ncnc3[nH]2)ccc1O. The number of rotatable bonds is 4. The van der Waals surface area contributed by atoms with Crippen LogP contribution in [0.1, 0.15) is 0 Å². The van der Waals surface area contributed by atoms with E-state index in [1.165, 1.54) is 13.4 Å². The largest absolute Gasteiger partial charge is 0.504 e. The topological polar surface area (TPSA) is 83.1 Å². The minimum Gasteiger partial charge on any atom is -0.504 e. The van der Waals surface area contributed by atoms with Crippen LogP contribution in [-0.2, 0) is 0 Å². The molecule has 4 aromatic rings. The molecule has 0 fully saturated rings. The summed E-state index contributed by atoms with van der Waals surface area (Å²) in [5, 5.41) is 14.0. The lowest BCUT2D eigenvalue weighted by Gasteiger charge is -2.05. The van der Waals surface area contributed by atoms with Crippen LogP contribution in [0.3, 0.4) is 0 Å². The van der Waals surface area contributed by atoms with Crippen molar-refractivity contribution in [3.8, 4) is 22.8 Å². The Hall–Kier alpha value is -3.54. The van der Waals surface area contributed by atoms with E-state index >= 15 is 0 Å². The second-order valence-corrected chi connectivity index (χ2v) is 5.55. The number of hydrogen-bond donors (Lipinski definition) is 3. The molecule has 6 nitrogen and oxygen atoms in total. The third-order valence-electron chi connectivity index (χ3n) is 3.95. The molecular weight excluding hydrogens is 316 g/mol. The van der Waals surface area contributed by atoms with Gasteiger partial charge in [0.2, 0.25) is 0 Å². The highest BCUT2D eigenvalue weighted by atomic mass is 16.5. The first-order chi connectivity index (χ1) is 12.2. The maximum atomic E-state index is 9.76. The highest BCUT2D eigenvalue weighted by Gasteiger charge is 2.11. The number of aromatic nitrogens is 3. The van der Waals surface area contributed by atoms with Crippen molar-refractivity contribution in [1.29, 1.82) is 0 Å². The minimum atomic E-state index is 0.105. The molecule has 124 valence electrons. The van der Waals surface area contributed by atoms with E-state index in [1.54, 1.807) is 12.1 Å². The van der Waals surface area contributed by atoms with E-state index in [0.29, 0.717) is 5.75 Å². The van der Waals surface area contributed by atoms with E-state index in [4.69, 9.17) is 4.74 Å². The summed E-state index contributed by atoms with van der Waals surface area (Å²) >= 11 is 0. The monoisotopic (exact) mass is 332 g/mol. The van der Waals surface area contributed by atoms with Gasteiger partial charge < -0.3 is 20.1 Å². The molecule has 2 aromatic carbocycles. The number of nitrogens with one attached hydrogen (secondary N) is 2. The maximum Gasteiger partial charge on any atom is 0.161 e. The normalized spacial score (nSPS) is 10.8. The van der Waals surface area contributed by atoms with Crippen molar-refractivity contribution in [1.82, 2.24) is 15.0 Å². The molecule has 0 spiro atoms. The number of H-pyrrole nitrogens is 1. The minimum absolute atomic E-state index is 0.105. The highest BCUT2D eigenvalue weighted by molar-refractivity contribution is 5.93. The zero-order valence-electron chi connectivity index (χ0n) is 13.5. The lowest BCUT2D eigenvalue weighted by atomic mass is 10.1. The number of aromatic amines is 1. The number of nitrogens with zero attached hydrogens (tertiary/aromatic N) is 2. The molecule has 0 saturated carbocycles. The Bertz CT molecular complexity index is 1030. The molecule has 6 heteroatoms. The van der Waals surface area contributed by atoms with Gasteiger partial charge in [-0.05, 0) is 36.4 Å². The van der Waals surface area contributed by atoms with Crippen molar-refractivity contribution in [2.24, 2.45) is 0 Å². The Balaban J connectivity index is 1.77. The van der Waals surface area contributed by atoms with Gasteiger partial charge in [-0.3, -0.25) is 0 Å². The Kier molecular flexibility index (Phi) is 3.70. The molecule has 3 N–H and O–H groups in total. The van der Waals surface area contributed by atoms with Crippen LogP contribution in [0.25, 0.3) is 22.3 Å². The summed E-state index contributed by atoms with van der Waals surface area (Å²) < 4.78 is 5.18. The summed E-state index contributed by atoms with van der Waals surface area (Å²) in [5.74, 6) is 1.25. The fourth-order valence-electron chi connectivity index (χ4n) is 2.70. The standard InChI is InChI=1S/C19H16N4O2/c1-25-17-9-12(7-8-16(17)24)15-10-14-18(20-11-21-19(14)23-15)22-13-5-3-2-4-6-13/h2-11,24H,1H3,(H2,20,21,22,23). The van der Waals surface area contributed by atoms with Crippen LogP contribution in [0.2, 0.25) is 0 Å². The molecule has 0 amide bonds. The molecule has 0 atom stereocenters.